The third-order valence-electron chi connectivity index (χ3n) is 3.71. The highest BCUT2D eigenvalue weighted by Gasteiger charge is 2.12. The predicted molar refractivity (Wildman–Crippen MR) is 78.9 cm³/mol. The molecule has 1 N–H and O–H groups in total. The number of hydrogen-bond acceptors (Lipinski definition) is 2. The Balaban J connectivity index is 2.16. The van der Waals surface area contributed by atoms with Gasteiger partial charge in [-0.15, -0.1) is 0 Å². The Bertz CT molecular complexity index is 856. The van der Waals surface area contributed by atoms with Crippen LogP contribution in [0.15, 0.2) is 18.2 Å². The average molecular weight is 290 g/mol. The molecule has 0 amide bonds. The summed E-state index contributed by atoms with van der Waals surface area (Å²) in [5, 5.41) is 4.41. The minimum atomic E-state index is -0.269. The summed E-state index contributed by atoms with van der Waals surface area (Å²) < 4.78 is 17.7. The number of nitrogens with one attached hydrogen (secondary N) is 1. The quantitative estimate of drug-likeness (QED) is 0.736. The molecule has 0 saturated carbocycles. The van der Waals surface area contributed by atoms with E-state index < -0.39 is 0 Å². The summed E-state index contributed by atoms with van der Waals surface area (Å²) >= 11 is 5.35. The molecule has 0 saturated heterocycles. The summed E-state index contributed by atoms with van der Waals surface area (Å²) in [7, 11) is 1.93. The molecule has 1 aromatic carbocycles. The number of H-pyrrole nitrogens is 1. The highest BCUT2D eigenvalue weighted by molar-refractivity contribution is 7.71. The van der Waals surface area contributed by atoms with Crippen molar-refractivity contribution in [1.29, 1.82) is 0 Å². The molecule has 0 spiro atoms. The standard InChI is InChI=1S/C14H15FN4S/c1-8-11(9(2)18(3)17-8)7-19-13-5-4-10(15)6-12(13)16-14(19)20/h4-6H,7H2,1-3H3,(H,16,20). The topological polar surface area (TPSA) is 38.5 Å². The minimum absolute atomic E-state index is 0.269. The minimum Gasteiger partial charge on any atom is -0.330 e. The fourth-order valence-electron chi connectivity index (χ4n) is 2.50. The first-order valence-corrected chi connectivity index (χ1v) is 6.75. The van der Waals surface area contributed by atoms with Crippen molar-refractivity contribution >= 4 is 23.3 Å². The average Bonchev–Trinajstić information content (AvgIpc) is 2.81. The Morgan fingerprint density at radius 3 is 2.75 bits per heavy atom. The van der Waals surface area contributed by atoms with Crippen LogP contribution in [0, 0.1) is 24.4 Å². The Morgan fingerprint density at radius 1 is 1.35 bits per heavy atom. The van der Waals surface area contributed by atoms with E-state index in [0.29, 0.717) is 16.8 Å². The molecule has 0 aliphatic rings. The van der Waals surface area contributed by atoms with Crippen LogP contribution in [0.4, 0.5) is 4.39 Å². The smallest absolute Gasteiger partial charge is 0.178 e. The fraction of sp³-hybridized carbons (Fsp3) is 0.286. The molecule has 0 atom stereocenters. The van der Waals surface area contributed by atoms with Crippen LogP contribution in [0.1, 0.15) is 17.0 Å². The highest BCUT2D eigenvalue weighted by Crippen LogP contribution is 2.20. The van der Waals surface area contributed by atoms with Crippen LogP contribution in [0.25, 0.3) is 11.0 Å². The van der Waals surface area contributed by atoms with Crippen molar-refractivity contribution in [2.24, 2.45) is 7.05 Å². The largest absolute Gasteiger partial charge is 0.330 e. The van der Waals surface area contributed by atoms with E-state index in [1.807, 2.05) is 30.1 Å². The van der Waals surface area contributed by atoms with Crippen LogP contribution < -0.4 is 0 Å². The number of benzene rings is 1. The number of hydrogen-bond donors (Lipinski definition) is 1. The lowest BCUT2D eigenvalue weighted by atomic mass is 10.2. The Labute approximate surface area is 120 Å². The lowest BCUT2D eigenvalue weighted by Crippen LogP contribution is -2.02. The number of aromatic nitrogens is 4. The van der Waals surface area contributed by atoms with Gasteiger partial charge >= 0.3 is 0 Å². The first-order valence-electron chi connectivity index (χ1n) is 6.34. The molecule has 4 nitrogen and oxygen atoms in total. The van der Waals surface area contributed by atoms with E-state index in [4.69, 9.17) is 12.2 Å². The summed E-state index contributed by atoms with van der Waals surface area (Å²) in [6, 6.07) is 4.66. The second kappa shape index (κ2) is 4.56. The van der Waals surface area contributed by atoms with Crippen LogP contribution in [-0.2, 0) is 13.6 Å². The van der Waals surface area contributed by atoms with Crippen LogP contribution in [-0.4, -0.2) is 19.3 Å². The van der Waals surface area contributed by atoms with Gasteiger partial charge in [0.2, 0.25) is 0 Å². The van der Waals surface area contributed by atoms with Gasteiger partial charge in [0.05, 0.1) is 23.3 Å². The second-order valence-corrected chi connectivity index (χ2v) is 5.34. The fourth-order valence-corrected chi connectivity index (χ4v) is 2.77. The monoisotopic (exact) mass is 290 g/mol. The van der Waals surface area contributed by atoms with Crippen molar-refractivity contribution in [3.8, 4) is 0 Å². The Kier molecular flexibility index (Phi) is 2.97. The molecule has 0 aliphatic carbocycles. The van der Waals surface area contributed by atoms with Gasteiger partial charge in [0.15, 0.2) is 4.77 Å². The normalized spacial score (nSPS) is 11.4. The maximum atomic E-state index is 13.3. The Hall–Kier alpha value is -1.95. The number of aryl methyl sites for hydroxylation is 2. The van der Waals surface area contributed by atoms with Crippen molar-refractivity contribution in [1.82, 2.24) is 19.3 Å². The number of imidazole rings is 1. The molecule has 20 heavy (non-hydrogen) atoms. The zero-order valence-electron chi connectivity index (χ0n) is 11.6. The van der Waals surface area contributed by atoms with Crippen LogP contribution >= 0.6 is 12.2 Å². The maximum absolute atomic E-state index is 13.3. The van der Waals surface area contributed by atoms with E-state index in [0.717, 1.165) is 22.5 Å². The molecule has 6 heteroatoms. The number of rotatable bonds is 2. The zero-order chi connectivity index (χ0) is 14.4. The van der Waals surface area contributed by atoms with Gasteiger partial charge in [-0.1, -0.05) is 0 Å². The van der Waals surface area contributed by atoms with Gasteiger partial charge in [-0.05, 0) is 44.3 Å². The van der Waals surface area contributed by atoms with E-state index in [1.165, 1.54) is 12.1 Å². The van der Waals surface area contributed by atoms with Gasteiger partial charge in [-0.25, -0.2) is 4.39 Å². The van der Waals surface area contributed by atoms with Gasteiger partial charge in [0.1, 0.15) is 5.82 Å². The van der Waals surface area contributed by atoms with Crippen molar-refractivity contribution in [3.05, 3.63) is 45.7 Å². The molecule has 0 bridgehead atoms. The van der Waals surface area contributed by atoms with E-state index in [-0.39, 0.29) is 5.82 Å². The summed E-state index contributed by atoms with van der Waals surface area (Å²) in [5.41, 5.74) is 4.87. The zero-order valence-corrected chi connectivity index (χ0v) is 12.4. The molecule has 0 radical (unpaired) electrons. The number of aromatic amines is 1. The molecule has 0 aliphatic heterocycles. The molecule has 104 valence electrons. The summed E-state index contributed by atoms with van der Waals surface area (Å²) in [5.74, 6) is -0.269. The summed E-state index contributed by atoms with van der Waals surface area (Å²) in [6.45, 7) is 4.66. The van der Waals surface area contributed by atoms with Gasteiger partial charge < -0.3 is 9.55 Å². The van der Waals surface area contributed by atoms with Crippen molar-refractivity contribution in [2.45, 2.75) is 20.4 Å². The SMILES string of the molecule is Cc1nn(C)c(C)c1Cn1c(=S)[nH]c2cc(F)ccc21. The van der Waals surface area contributed by atoms with Crippen molar-refractivity contribution < 1.29 is 4.39 Å². The third kappa shape index (κ3) is 1.96. The van der Waals surface area contributed by atoms with Crippen LogP contribution in [0.2, 0.25) is 0 Å². The lowest BCUT2D eigenvalue weighted by Gasteiger charge is -2.05. The maximum Gasteiger partial charge on any atom is 0.178 e. The second-order valence-electron chi connectivity index (χ2n) is 4.95. The van der Waals surface area contributed by atoms with E-state index in [1.54, 1.807) is 6.07 Å². The van der Waals surface area contributed by atoms with Gasteiger partial charge in [-0.3, -0.25) is 4.68 Å². The molecule has 3 aromatic rings. The van der Waals surface area contributed by atoms with Crippen LogP contribution in [0.5, 0.6) is 0 Å². The molecular weight excluding hydrogens is 275 g/mol. The highest BCUT2D eigenvalue weighted by atomic mass is 32.1. The molecule has 0 fully saturated rings. The number of fused-ring (bicyclic) bond motifs is 1. The number of nitrogens with zero attached hydrogens (tertiary/aromatic N) is 3. The lowest BCUT2D eigenvalue weighted by molar-refractivity contribution is 0.629. The Morgan fingerprint density at radius 2 is 2.10 bits per heavy atom. The first kappa shape index (κ1) is 13.1. The van der Waals surface area contributed by atoms with Gasteiger partial charge in [0, 0.05) is 18.3 Å². The van der Waals surface area contributed by atoms with Crippen LogP contribution in [0.3, 0.4) is 0 Å². The molecule has 0 unspecified atom stereocenters. The predicted octanol–water partition coefficient (Wildman–Crippen LogP) is 3.24. The summed E-state index contributed by atoms with van der Waals surface area (Å²) in [4.78, 5) is 3.04. The molecule has 3 rings (SSSR count). The van der Waals surface area contributed by atoms with Crippen molar-refractivity contribution in [2.75, 3.05) is 0 Å². The summed E-state index contributed by atoms with van der Waals surface area (Å²) in [6.07, 6.45) is 0. The van der Waals surface area contributed by atoms with Gasteiger partial charge in [0.25, 0.3) is 0 Å². The molecular formula is C14H15FN4S. The van der Waals surface area contributed by atoms with E-state index in [9.17, 15) is 4.39 Å². The number of halogens is 1. The van der Waals surface area contributed by atoms with Gasteiger partial charge in [-0.2, -0.15) is 5.10 Å². The van der Waals surface area contributed by atoms with E-state index in [2.05, 4.69) is 10.1 Å². The molecule has 2 heterocycles. The van der Waals surface area contributed by atoms with E-state index >= 15 is 0 Å². The van der Waals surface area contributed by atoms with Crippen molar-refractivity contribution in [3.63, 3.8) is 0 Å². The third-order valence-corrected chi connectivity index (χ3v) is 4.03. The first-order chi connectivity index (χ1) is 9.47. The molecule has 2 aromatic heterocycles.